The van der Waals surface area contributed by atoms with E-state index in [1.54, 1.807) is 24.3 Å². The third-order valence-corrected chi connectivity index (χ3v) is 5.58. The van der Waals surface area contributed by atoms with Gasteiger partial charge in [-0.2, -0.15) is 16.8 Å². The Kier molecular flexibility index (Phi) is 7.44. The van der Waals surface area contributed by atoms with Crippen LogP contribution in [0.15, 0.2) is 30.3 Å². The summed E-state index contributed by atoms with van der Waals surface area (Å²) in [7, 11) is -7.88. The van der Waals surface area contributed by atoms with Crippen molar-refractivity contribution in [1.82, 2.24) is 0 Å². The molecule has 29 heavy (non-hydrogen) atoms. The Hall–Kier alpha value is -1.12. The van der Waals surface area contributed by atoms with Crippen LogP contribution in [0.25, 0.3) is 0 Å². The van der Waals surface area contributed by atoms with E-state index >= 15 is 0 Å². The van der Waals surface area contributed by atoms with Gasteiger partial charge in [0, 0.05) is 0 Å². The predicted molar refractivity (Wildman–Crippen MR) is 102 cm³/mol. The highest BCUT2D eigenvalue weighted by molar-refractivity contribution is 7.86. The van der Waals surface area contributed by atoms with E-state index in [-0.39, 0.29) is 6.61 Å². The smallest absolute Gasteiger partial charge is 0.264 e. The second-order valence-electron chi connectivity index (χ2n) is 7.16. The van der Waals surface area contributed by atoms with Gasteiger partial charge in [0.15, 0.2) is 5.79 Å². The molecule has 0 spiro atoms. The molecule has 1 aromatic carbocycles. The first-order chi connectivity index (χ1) is 13.3. The molecule has 0 saturated carbocycles. The highest BCUT2D eigenvalue weighted by atomic mass is 32.2. The SMILES string of the molecule is CC1(O)OC(COS(C)(=O)=O)(COS(C)(=O)=O)[C@@H](OCc2ccccc2)[C@H]1CO. The molecule has 0 aromatic heterocycles. The van der Waals surface area contributed by atoms with Crippen LogP contribution in [0, 0.1) is 5.92 Å². The van der Waals surface area contributed by atoms with E-state index in [9.17, 15) is 27.0 Å². The zero-order chi connectivity index (χ0) is 21.9. The molecular weight excluding hydrogens is 428 g/mol. The van der Waals surface area contributed by atoms with E-state index < -0.39 is 63.5 Å². The highest BCUT2D eigenvalue weighted by Gasteiger charge is 2.62. The van der Waals surface area contributed by atoms with Gasteiger partial charge in [-0.3, -0.25) is 8.37 Å². The van der Waals surface area contributed by atoms with Crippen LogP contribution in [0.1, 0.15) is 12.5 Å². The Morgan fingerprint density at radius 2 is 1.55 bits per heavy atom. The molecule has 12 heteroatoms. The third-order valence-electron chi connectivity index (χ3n) is 4.49. The lowest BCUT2D eigenvalue weighted by molar-refractivity contribution is -0.242. The maximum absolute atomic E-state index is 11.5. The van der Waals surface area contributed by atoms with Crippen LogP contribution in [-0.2, 0) is 44.7 Å². The van der Waals surface area contributed by atoms with Crippen LogP contribution >= 0.6 is 0 Å². The largest absolute Gasteiger partial charge is 0.396 e. The molecule has 166 valence electrons. The van der Waals surface area contributed by atoms with E-state index in [4.69, 9.17) is 17.8 Å². The van der Waals surface area contributed by atoms with Gasteiger partial charge in [-0.15, -0.1) is 0 Å². The molecular formula is C17H26O10S2. The molecule has 1 heterocycles. The minimum absolute atomic E-state index is 0.0287. The molecule has 0 radical (unpaired) electrons. The number of hydrogen-bond acceptors (Lipinski definition) is 10. The fourth-order valence-electron chi connectivity index (χ4n) is 3.16. The standard InChI is InChI=1S/C17H26O10S2/c1-16(19)14(9-18)15(24-10-13-7-5-4-6-8-13)17(27-16,11-25-28(2,20)21)12-26-29(3,22)23/h4-8,14-15,18-19H,9-12H2,1-3H3/t14-,15+,16?/m1/s1. The quantitative estimate of drug-likeness (QED) is 0.448. The first-order valence-electron chi connectivity index (χ1n) is 8.66. The Balaban J connectivity index is 2.39. The molecule has 3 atom stereocenters. The van der Waals surface area contributed by atoms with Crippen LogP contribution in [0.3, 0.4) is 0 Å². The minimum Gasteiger partial charge on any atom is -0.396 e. The van der Waals surface area contributed by atoms with E-state index in [0.717, 1.165) is 18.1 Å². The highest BCUT2D eigenvalue weighted by Crippen LogP contribution is 2.44. The van der Waals surface area contributed by atoms with Gasteiger partial charge < -0.3 is 19.7 Å². The summed E-state index contributed by atoms with van der Waals surface area (Å²) < 4.78 is 67.4. The van der Waals surface area contributed by atoms with E-state index in [1.807, 2.05) is 6.07 Å². The number of benzene rings is 1. The van der Waals surface area contributed by atoms with Gasteiger partial charge in [0.05, 0.1) is 31.6 Å². The summed E-state index contributed by atoms with van der Waals surface area (Å²) in [5.41, 5.74) is -1.06. The Bertz CT molecular complexity index is 844. The van der Waals surface area contributed by atoms with Crippen LogP contribution in [0.2, 0.25) is 0 Å². The maximum Gasteiger partial charge on any atom is 0.264 e. The van der Waals surface area contributed by atoms with Gasteiger partial charge in [-0.05, 0) is 12.5 Å². The zero-order valence-corrected chi connectivity index (χ0v) is 18.0. The van der Waals surface area contributed by atoms with Crippen molar-refractivity contribution in [2.75, 3.05) is 32.3 Å². The third kappa shape index (κ3) is 6.69. The topological polar surface area (TPSA) is 146 Å². The Labute approximate surface area is 170 Å². The monoisotopic (exact) mass is 454 g/mol. The Morgan fingerprint density at radius 1 is 1.03 bits per heavy atom. The van der Waals surface area contributed by atoms with Crippen LogP contribution < -0.4 is 0 Å². The second kappa shape index (κ2) is 8.94. The molecule has 1 aromatic rings. The lowest BCUT2D eigenvalue weighted by Gasteiger charge is -2.33. The van der Waals surface area contributed by atoms with Gasteiger partial charge in [0.25, 0.3) is 20.2 Å². The van der Waals surface area contributed by atoms with Crippen molar-refractivity contribution in [3.8, 4) is 0 Å². The molecule has 2 N–H and O–H groups in total. The van der Waals surface area contributed by atoms with Crippen LogP contribution in [0.5, 0.6) is 0 Å². The van der Waals surface area contributed by atoms with E-state index in [0.29, 0.717) is 0 Å². The van der Waals surface area contributed by atoms with Crippen molar-refractivity contribution < 1.29 is 44.9 Å². The van der Waals surface area contributed by atoms with Gasteiger partial charge in [-0.1, -0.05) is 30.3 Å². The lowest BCUT2D eigenvalue weighted by Crippen LogP contribution is -2.52. The molecule has 0 bridgehead atoms. The van der Waals surface area contributed by atoms with Crippen molar-refractivity contribution in [3.63, 3.8) is 0 Å². The molecule has 1 aliphatic rings. The number of aliphatic hydroxyl groups excluding tert-OH is 1. The fraction of sp³-hybridized carbons (Fsp3) is 0.647. The Morgan fingerprint density at radius 3 is 2.00 bits per heavy atom. The summed E-state index contributed by atoms with van der Waals surface area (Å²) in [5.74, 6) is -2.99. The molecule has 1 fully saturated rings. The van der Waals surface area contributed by atoms with Gasteiger partial charge >= 0.3 is 0 Å². The van der Waals surface area contributed by atoms with Gasteiger partial charge in [0.2, 0.25) is 0 Å². The van der Waals surface area contributed by atoms with Crippen molar-refractivity contribution in [2.24, 2.45) is 5.92 Å². The first kappa shape index (κ1) is 24.2. The number of rotatable bonds is 10. The van der Waals surface area contributed by atoms with Crippen molar-refractivity contribution in [1.29, 1.82) is 0 Å². The fourth-order valence-corrected chi connectivity index (χ4v) is 3.99. The average molecular weight is 455 g/mol. The summed E-state index contributed by atoms with van der Waals surface area (Å²) in [6, 6.07) is 8.95. The molecule has 10 nitrogen and oxygen atoms in total. The molecule has 0 amide bonds. The number of hydrogen-bond donors (Lipinski definition) is 2. The van der Waals surface area contributed by atoms with Crippen LogP contribution in [0.4, 0.5) is 0 Å². The molecule has 1 unspecified atom stereocenters. The summed E-state index contributed by atoms with van der Waals surface area (Å²) in [6.07, 6.45) is 0.481. The van der Waals surface area contributed by atoms with Crippen molar-refractivity contribution in [2.45, 2.75) is 31.0 Å². The zero-order valence-electron chi connectivity index (χ0n) is 16.3. The second-order valence-corrected chi connectivity index (χ2v) is 10.4. The summed E-state index contributed by atoms with van der Waals surface area (Å²) >= 11 is 0. The maximum atomic E-state index is 11.5. The van der Waals surface area contributed by atoms with Crippen molar-refractivity contribution >= 4 is 20.2 Å². The van der Waals surface area contributed by atoms with Gasteiger partial charge in [0.1, 0.15) is 24.9 Å². The molecule has 1 aliphatic heterocycles. The van der Waals surface area contributed by atoms with E-state index in [1.165, 1.54) is 6.92 Å². The van der Waals surface area contributed by atoms with Crippen LogP contribution in [-0.4, -0.2) is 76.9 Å². The molecule has 2 rings (SSSR count). The average Bonchev–Trinajstić information content (AvgIpc) is 2.82. The van der Waals surface area contributed by atoms with E-state index in [2.05, 4.69) is 0 Å². The molecule has 0 aliphatic carbocycles. The summed E-state index contributed by atoms with van der Waals surface area (Å²) in [6.45, 7) is -0.663. The summed E-state index contributed by atoms with van der Waals surface area (Å²) in [5, 5.41) is 20.5. The number of ether oxygens (including phenoxy) is 2. The molecule has 1 saturated heterocycles. The minimum atomic E-state index is -3.94. The number of aliphatic hydroxyl groups is 2. The van der Waals surface area contributed by atoms with Gasteiger partial charge in [-0.25, -0.2) is 0 Å². The lowest BCUT2D eigenvalue weighted by atomic mass is 9.88. The van der Waals surface area contributed by atoms with Crippen molar-refractivity contribution in [3.05, 3.63) is 35.9 Å². The predicted octanol–water partition coefficient (Wildman–Crippen LogP) is -0.390. The first-order valence-corrected chi connectivity index (χ1v) is 12.3. The summed E-state index contributed by atoms with van der Waals surface area (Å²) in [4.78, 5) is 0. The normalized spacial score (nSPS) is 27.2.